The molecule has 1 aliphatic heterocycles. The smallest absolute Gasteiger partial charge is 0.341 e. The zero-order chi connectivity index (χ0) is 21.3. The Morgan fingerprint density at radius 2 is 2.13 bits per heavy atom. The van der Waals surface area contributed by atoms with Crippen LogP contribution < -0.4 is 15.0 Å². The molecule has 11 heteroatoms. The molecule has 1 N–H and O–H groups in total. The van der Waals surface area contributed by atoms with Crippen LogP contribution in [0.15, 0.2) is 48.9 Å². The van der Waals surface area contributed by atoms with Gasteiger partial charge in [0, 0.05) is 18.9 Å². The molecule has 0 saturated heterocycles. The van der Waals surface area contributed by atoms with Crippen molar-refractivity contribution in [1.29, 1.82) is 0 Å². The molecular formula is C19H17F3N6O2. The number of fused-ring (bicyclic) bond motifs is 1. The summed E-state index contributed by atoms with van der Waals surface area (Å²) < 4.78 is 50.3. The second-order valence-corrected chi connectivity index (χ2v) is 6.63. The Kier molecular flexibility index (Phi) is 5.02. The normalized spacial score (nSPS) is 14.6. The zero-order valence-corrected chi connectivity index (χ0v) is 15.8. The minimum absolute atomic E-state index is 0.165. The van der Waals surface area contributed by atoms with Crippen LogP contribution in [0.3, 0.4) is 0 Å². The van der Waals surface area contributed by atoms with E-state index in [0.717, 1.165) is 17.0 Å². The summed E-state index contributed by atoms with van der Waals surface area (Å²) >= 11 is 0. The van der Waals surface area contributed by atoms with Crippen LogP contribution >= 0.6 is 0 Å². The number of nitrogens with zero attached hydrogens (tertiary/aromatic N) is 5. The van der Waals surface area contributed by atoms with Gasteiger partial charge in [0.05, 0.1) is 6.54 Å². The highest BCUT2D eigenvalue weighted by molar-refractivity contribution is 6.02. The maximum absolute atomic E-state index is 14.7. The van der Waals surface area contributed by atoms with E-state index >= 15 is 0 Å². The van der Waals surface area contributed by atoms with Crippen LogP contribution in [-0.2, 0) is 13.0 Å². The summed E-state index contributed by atoms with van der Waals surface area (Å²) in [4.78, 5) is 18.2. The van der Waals surface area contributed by atoms with Crippen LogP contribution in [-0.4, -0.2) is 38.9 Å². The summed E-state index contributed by atoms with van der Waals surface area (Å²) in [7, 11) is 1.31. The number of amides is 2. The molecule has 30 heavy (non-hydrogen) atoms. The predicted octanol–water partition coefficient (Wildman–Crippen LogP) is 3.44. The molecule has 2 amide bonds. The summed E-state index contributed by atoms with van der Waals surface area (Å²) in [5, 5.41) is 9.29. The lowest BCUT2D eigenvalue weighted by Crippen LogP contribution is -2.41. The van der Waals surface area contributed by atoms with Crippen molar-refractivity contribution in [3.63, 3.8) is 0 Å². The van der Waals surface area contributed by atoms with E-state index in [4.69, 9.17) is 4.74 Å². The molecule has 0 fully saturated rings. The van der Waals surface area contributed by atoms with Crippen molar-refractivity contribution in [2.75, 3.05) is 23.4 Å². The summed E-state index contributed by atoms with van der Waals surface area (Å²) in [6.07, 6.45) is -0.0830. The number of carbonyl (C=O) groups is 1. The van der Waals surface area contributed by atoms with Gasteiger partial charge in [-0.05, 0) is 29.8 Å². The van der Waals surface area contributed by atoms with Crippen LogP contribution in [0.5, 0.6) is 5.75 Å². The van der Waals surface area contributed by atoms with Gasteiger partial charge in [-0.3, -0.25) is 4.90 Å². The minimum atomic E-state index is -3.90. The number of benzene rings is 1. The number of rotatable bonds is 4. The molecule has 0 aliphatic carbocycles. The van der Waals surface area contributed by atoms with Gasteiger partial charge in [0.1, 0.15) is 12.9 Å². The van der Waals surface area contributed by atoms with Crippen LogP contribution in [0.1, 0.15) is 17.6 Å². The van der Waals surface area contributed by atoms with E-state index in [0.29, 0.717) is 11.6 Å². The molecule has 1 aliphatic rings. The lowest BCUT2D eigenvalue weighted by Gasteiger charge is -2.28. The van der Waals surface area contributed by atoms with Crippen LogP contribution in [0.2, 0.25) is 0 Å². The van der Waals surface area contributed by atoms with Crippen LogP contribution in [0, 0.1) is 0 Å². The lowest BCUT2D eigenvalue weighted by atomic mass is 10.0. The fraction of sp³-hybridized carbons (Fsp3) is 0.263. The SMILES string of the molecule is Cn1cnnc1C(F)(F)C(F)c1cccc(NC(=O)N2CCOc3cccnc32)c1. The fourth-order valence-corrected chi connectivity index (χ4v) is 3.12. The van der Waals surface area contributed by atoms with Gasteiger partial charge in [-0.25, -0.2) is 14.2 Å². The van der Waals surface area contributed by atoms with Gasteiger partial charge in [-0.15, -0.1) is 10.2 Å². The quantitative estimate of drug-likeness (QED) is 0.702. The molecule has 156 valence electrons. The number of urea groups is 1. The molecule has 2 aromatic heterocycles. The fourth-order valence-electron chi connectivity index (χ4n) is 3.12. The summed E-state index contributed by atoms with van der Waals surface area (Å²) in [6.45, 7) is 0.536. The van der Waals surface area contributed by atoms with E-state index in [2.05, 4.69) is 20.5 Å². The number of aryl methyl sites for hydroxylation is 1. The first-order valence-electron chi connectivity index (χ1n) is 9.00. The molecule has 4 rings (SSSR count). The van der Waals surface area contributed by atoms with Gasteiger partial charge in [-0.1, -0.05) is 12.1 Å². The van der Waals surface area contributed by atoms with E-state index in [1.165, 1.54) is 36.3 Å². The number of hydrogen-bond donors (Lipinski definition) is 1. The van der Waals surface area contributed by atoms with Gasteiger partial charge in [0.25, 0.3) is 0 Å². The van der Waals surface area contributed by atoms with E-state index in [1.54, 1.807) is 12.1 Å². The highest BCUT2D eigenvalue weighted by Crippen LogP contribution is 2.42. The topological polar surface area (TPSA) is 85.2 Å². The standard InChI is InChI=1S/C19H17F3N6O2/c1-27-11-24-26-17(27)19(21,22)15(20)12-4-2-5-13(10-12)25-18(29)28-8-9-30-14-6-3-7-23-16(14)28/h2-7,10-11,15H,8-9H2,1H3,(H,25,29). The van der Waals surface area contributed by atoms with E-state index in [1.807, 2.05) is 0 Å². The molecule has 1 atom stereocenters. The van der Waals surface area contributed by atoms with E-state index < -0.39 is 23.9 Å². The van der Waals surface area contributed by atoms with Gasteiger partial charge >= 0.3 is 12.0 Å². The van der Waals surface area contributed by atoms with Crippen molar-refractivity contribution < 1.29 is 22.7 Å². The number of anilines is 2. The van der Waals surface area contributed by atoms with Crippen LogP contribution in [0.4, 0.5) is 29.5 Å². The number of halogens is 3. The van der Waals surface area contributed by atoms with Crippen molar-refractivity contribution in [2.24, 2.45) is 7.05 Å². The first kappa shape index (κ1) is 19.7. The molecule has 0 bridgehead atoms. The van der Waals surface area contributed by atoms with Crippen molar-refractivity contribution in [3.8, 4) is 5.75 Å². The second-order valence-electron chi connectivity index (χ2n) is 6.63. The summed E-state index contributed by atoms with van der Waals surface area (Å²) in [5.41, 5.74) is -0.140. The highest BCUT2D eigenvalue weighted by atomic mass is 19.3. The van der Waals surface area contributed by atoms with E-state index in [-0.39, 0.29) is 24.4 Å². The first-order chi connectivity index (χ1) is 14.4. The largest absolute Gasteiger partial charge is 0.488 e. The third-order valence-electron chi connectivity index (χ3n) is 4.58. The Hall–Kier alpha value is -3.63. The Balaban J connectivity index is 1.54. The Morgan fingerprint density at radius 3 is 2.90 bits per heavy atom. The van der Waals surface area contributed by atoms with Gasteiger partial charge < -0.3 is 14.6 Å². The molecular weight excluding hydrogens is 401 g/mol. The molecule has 1 unspecified atom stereocenters. The molecule has 1 aromatic carbocycles. The number of ether oxygens (including phenoxy) is 1. The van der Waals surface area contributed by atoms with Gasteiger partial charge in [0.2, 0.25) is 5.82 Å². The van der Waals surface area contributed by atoms with E-state index in [9.17, 15) is 18.0 Å². The molecule has 0 spiro atoms. The number of hydrogen-bond acceptors (Lipinski definition) is 5. The van der Waals surface area contributed by atoms with Crippen molar-refractivity contribution >= 4 is 17.5 Å². The van der Waals surface area contributed by atoms with Gasteiger partial charge in [0.15, 0.2) is 17.7 Å². The molecule has 8 nitrogen and oxygen atoms in total. The average Bonchev–Trinajstić information content (AvgIpc) is 3.19. The van der Waals surface area contributed by atoms with Crippen molar-refractivity contribution in [2.45, 2.75) is 12.1 Å². The molecule has 3 aromatic rings. The number of carbonyl (C=O) groups excluding carboxylic acids is 1. The molecule has 0 radical (unpaired) electrons. The highest BCUT2D eigenvalue weighted by Gasteiger charge is 2.47. The second kappa shape index (κ2) is 7.65. The predicted molar refractivity (Wildman–Crippen MR) is 101 cm³/mol. The van der Waals surface area contributed by atoms with Crippen molar-refractivity contribution in [1.82, 2.24) is 19.7 Å². The average molecular weight is 418 g/mol. The third kappa shape index (κ3) is 3.53. The number of alkyl halides is 3. The maximum Gasteiger partial charge on any atom is 0.341 e. The maximum atomic E-state index is 14.7. The third-order valence-corrected chi connectivity index (χ3v) is 4.58. The first-order valence-corrected chi connectivity index (χ1v) is 9.00. The van der Waals surface area contributed by atoms with Gasteiger partial charge in [-0.2, -0.15) is 8.78 Å². The Labute approximate surface area is 169 Å². The number of nitrogens with one attached hydrogen (secondary N) is 1. The Morgan fingerprint density at radius 1 is 1.30 bits per heavy atom. The molecule has 0 saturated carbocycles. The zero-order valence-electron chi connectivity index (χ0n) is 15.8. The lowest BCUT2D eigenvalue weighted by molar-refractivity contribution is -0.0904. The number of aromatic nitrogens is 4. The van der Waals surface area contributed by atoms with Crippen LogP contribution in [0.25, 0.3) is 0 Å². The van der Waals surface area contributed by atoms with Crippen molar-refractivity contribution in [3.05, 3.63) is 60.3 Å². The minimum Gasteiger partial charge on any atom is -0.488 e. The monoisotopic (exact) mass is 418 g/mol. The summed E-state index contributed by atoms with van der Waals surface area (Å²) in [6, 6.07) is 8.07. The molecule has 3 heterocycles. The summed E-state index contributed by atoms with van der Waals surface area (Å²) in [5.74, 6) is -3.89. The number of pyridine rings is 1. The Bertz CT molecular complexity index is 1070.